The van der Waals surface area contributed by atoms with Gasteiger partial charge < -0.3 is 5.32 Å². The first-order chi connectivity index (χ1) is 13.1. The Hall–Kier alpha value is -2.66. The van der Waals surface area contributed by atoms with Crippen LogP contribution < -0.4 is 10.6 Å². The molecule has 2 aromatic carbocycles. The van der Waals surface area contributed by atoms with Crippen molar-refractivity contribution in [3.8, 4) is 0 Å². The fraction of sp³-hybridized carbons (Fsp3) is 0.364. The van der Waals surface area contributed by atoms with Crippen LogP contribution in [0.4, 0.5) is 4.79 Å². The molecule has 0 aliphatic heterocycles. The van der Waals surface area contributed by atoms with Crippen molar-refractivity contribution in [2.45, 2.75) is 39.3 Å². The van der Waals surface area contributed by atoms with E-state index in [1.165, 1.54) is 16.7 Å². The maximum absolute atomic E-state index is 12.4. The minimum Gasteiger partial charge on any atom is -0.338 e. The van der Waals surface area contributed by atoms with E-state index in [-0.39, 0.29) is 18.5 Å². The molecule has 1 aliphatic carbocycles. The van der Waals surface area contributed by atoms with E-state index in [9.17, 15) is 9.59 Å². The van der Waals surface area contributed by atoms with Crippen molar-refractivity contribution in [2.75, 3.05) is 13.1 Å². The van der Waals surface area contributed by atoms with E-state index < -0.39 is 6.03 Å². The number of urea groups is 1. The van der Waals surface area contributed by atoms with Gasteiger partial charge in [-0.05, 0) is 43.4 Å². The van der Waals surface area contributed by atoms with Gasteiger partial charge in [-0.1, -0.05) is 54.1 Å². The molecule has 3 rings (SSSR count). The van der Waals surface area contributed by atoms with E-state index in [2.05, 4.69) is 71.0 Å². The Morgan fingerprint density at radius 3 is 2.59 bits per heavy atom. The van der Waals surface area contributed by atoms with Gasteiger partial charge in [-0.15, -0.1) is 0 Å². The predicted molar refractivity (Wildman–Crippen MR) is 106 cm³/mol. The van der Waals surface area contributed by atoms with E-state index in [0.717, 1.165) is 18.4 Å². The van der Waals surface area contributed by atoms with Crippen molar-refractivity contribution in [3.63, 3.8) is 0 Å². The molecule has 142 valence electrons. The maximum Gasteiger partial charge on any atom is 0.321 e. The first kappa shape index (κ1) is 19.1. The summed E-state index contributed by atoms with van der Waals surface area (Å²) in [6.45, 7) is 5.23. The van der Waals surface area contributed by atoms with Crippen molar-refractivity contribution >= 4 is 11.9 Å². The minimum atomic E-state index is -0.440. The van der Waals surface area contributed by atoms with Gasteiger partial charge in [0.1, 0.15) is 0 Å². The van der Waals surface area contributed by atoms with E-state index in [1.54, 1.807) is 0 Å². The smallest absolute Gasteiger partial charge is 0.321 e. The SMILES string of the molecule is CCNC(=O)NC(=O)CN(Cc1ccc(C)cc1)[C@@H]1CCc2ccccc21. The zero-order valence-corrected chi connectivity index (χ0v) is 16.0. The average Bonchev–Trinajstić information content (AvgIpc) is 3.07. The van der Waals surface area contributed by atoms with Gasteiger partial charge in [0.25, 0.3) is 0 Å². The zero-order valence-electron chi connectivity index (χ0n) is 16.0. The van der Waals surface area contributed by atoms with Crippen LogP contribution in [0.2, 0.25) is 0 Å². The molecule has 3 amide bonds. The lowest BCUT2D eigenvalue weighted by atomic mass is 10.1. The van der Waals surface area contributed by atoms with E-state index in [4.69, 9.17) is 0 Å². The number of hydrogen-bond acceptors (Lipinski definition) is 3. The second kappa shape index (κ2) is 8.82. The van der Waals surface area contributed by atoms with E-state index in [1.807, 2.05) is 6.92 Å². The average molecular weight is 365 g/mol. The number of nitrogens with one attached hydrogen (secondary N) is 2. The molecule has 0 radical (unpaired) electrons. The summed E-state index contributed by atoms with van der Waals surface area (Å²) in [5, 5.41) is 5.02. The second-order valence-corrected chi connectivity index (χ2v) is 7.05. The molecule has 0 heterocycles. The molecule has 27 heavy (non-hydrogen) atoms. The molecule has 2 aromatic rings. The second-order valence-electron chi connectivity index (χ2n) is 7.05. The largest absolute Gasteiger partial charge is 0.338 e. The molecule has 0 unspecified atom stereocenters. The van der Waals surface area contributed by atoms with Gasteiger partial charge in [-0.2, -0.15) is 0 Å². The highest BCUT2D eigenvalue weighted by Gasteiger charge is 2.29. The molecule has 0 aromatic heterocycles. The fourth-order valence-electron chi connectivity index (χ4n) is 3.67. The summed E-state index contributed by atoms with van der Waals surface area (Å²) in [5.41, 5.74) is 5.01. The molecule has 0 fully saturated rings. The van der Waals surface area contributed by atoms with Gasteiger partial charge in [0.2, 0.25) is 5.91 Å². The number of carbonyl (C=O) groups is 2. The number of nitrogens with zero attached hydrogens (tertiary/aromatic N) is 1. The maximum atomic E-state index is 12.4. The third-order valence-corrected chi connectivity index (χ3v) is 4.99. The number of benzene rings is 2. The lowest BCUT2D eigenvalue weighted by Gasteiger charge is -2.29. The van der Waals surface area contributed by atoms with Crippen LogP contribution in [-0.4, -0.2) is 29.9 Å². The topological polar surface area (TPSA) is 61.4 Å². The van der Waals surface area contributed by atoms with Crippen LogP contribution in [-0.2, 0) is 17.8 Å². The zero-order chi connectivity index (χ0) is 19.2. The van der Waals surface area contributed by atoms with Gasteiger partial charge in [0, 0.05) is 19.1 Å². The first-order valence-electron chi connectivity index (χ1n) is 9.52. The molecule has 0 saturated heterocycles. The van der Waals surface area contributed by atoms with Crippen molar-refractivity contribution < 1.29 is 9.59 Å². The van der Waals surface area contributed by atoms with Gasteiger partial charge in [0.15, 0.2) is 0 Å². The number of imide groups is 1. The summed E-state index contributed by atoms with van der Waals surface area (Å²) in [6, 6.07) is 16.5. The highest BCUT2D eigenvalue weighted by Crippen LogP contribution is 2.36. The summed E-state index contributed by atoms with van der Waals surface area (Å²) in [6.07, 6.45) is 2.00. The van der Waals surface area contributed by atoms with Crippen LogP contribution in [0.15, 0.2) is 48.5 Å². The number of amides is 3. The summed E-state index contributed by atoms with van der Waals surface area (Å²) in [5.74, 6) is -0.280. The van der Waals surface area contributed by atoms with E-state index in [0.29, 0.717) is 13.1 Å². The van der Waals surface area contributed by atoms with Crippen molar-refractivity contribution in [1.82, 2.24) is 15.5 Å². The van der Waals surface area contributed by atoms with Crippen LogP contribution in [0.25, 0.3) is 0 Å². The summed E-state index contributed by atoms with van der Waals surface area (Å²) >= 11 is 0. The van der Waals surface area contributed by atoms with E-state index >= 15 is 0 Å². The Morgan fingerprint density at radius 2 is 1.85 bits per heavy atom. The third-order valence-electron chi connectivity index (χ3n) is 4.99. The highest BCUT2D eigenvalue weighted by atomic mass is 16.2. The van der Waals surface area contributed by atoms with Crippen molar-refractivity contribution in [3.05, 3.63) is 70.8 Å². The Morgan fingerprint density at radius 1 is 1.11 bits per heavy atom. The molecule has 5 nitrogen and oxygen atoms in total. The standard InChI is InChI=1S/C22H27N3O2/c1-3-23-22(27)24-21(26)15-25(14-17-10-8-16(2)9-11-17)20-13-12-18-6-4-5-7-19(18)20/h4-11,20H,3,12-15H2,1-2H3,(H2,23,24,26,27)/t20-/m1/s1. The van der Waals surface area contributed by atoms with Crippen LogP contribution in [0.5, 0.6) is 0 Å². The van der Waals surface area contributed by atoms with Crippen LogP contribution in [0, 0.1) is 6.92 Å². The quantitative estimate of drug-likeness (QED) is 0.825. The lowest BCUT2D eigenvalue weighted by Crippen LogP contribution is -2.44. The number of hydrogen-bond donors (Lipinski definition) is 2. The van der Waals surface area contributed by atoms with Crippen molar-refractivity contribution in [1.29, 1.82) is 0 Å². The minimum absolute atomic E-state index is 0.183. The van der Waals surface area contributed by atoms with Gasteiger partial charge >= 0.3 is 6.03 Å². The van der Waals surface area contributed by atoms with Crippen LogP contribution in [0.3, 0.4) is 0 Å². The molecule has 1 aliphatic rings. The molecular formula is C22H27N3O2. The molecule has 0 saturated carbocycles. The number of carbonyl (C=O) groups excluding carboxylic acids is 2. The van der Waals surface area contributed by atoms with Crippen molar-refractivity contribution in [2.24, 2.45) is 0 Å². The highest BCUT2D eigenvalue weighted by molar-refractivity contribution is 5.95. The molecule has 0 spiro atoms. The molecular weight excluding hydrogens is 338 g/mol. The summed E-state index contributed by atoms with van der Waals surface area (Å²) < 4.78 is 0. The number of fused-ring (bicyclic) bond motifs is 1. The Bertz CT molecular complexity index is 801. The summed E-state index contributed by atoms with van der Waals surface area (Å²) in [4.78, 5) is 26.3. The van der Waals surface area contributed by atoms with Crippen LogP contribution >= 0.6 is 0 Å². The molecule has 5 heteroatoms. The first-order valence-corrected chi connectivity index (χ1v) is 9.52. The van der Waals surface area contributed by atoms with Gasteiger partial charge in [-0.3, -0.25) is 15.0 Å². The molecule has 2 N–H and O–H groups in total. The van der Waals surface area contributed by atoms with Gasteiger partial charge in [0.05, 0.1) is 6.54 Å². The third kappa shape index (κ3) is 4.95. The normalized spacial score (nSPS) is 15.4. The monoisotopic (exact) mass is 365 g/mol. The Kier molecular flexibility index (Phi) is 6.24. The summed E-state index contributed by atoms with van der Waals surface area (Å²) in [7, 11) is 0. The molecule has 0 bridgehead atoms. The number of rotatable bonds is 6. The van der Waals surface area contributed by atoms with Crippen LogP contribution in [0.1, 0.15) is 41.6 Å². The Labute approximate surface area is 160 Å². The number of aryl methyl sites for hydroxylation is 2. The van der Waals surface area contributed by atoms with Gasteiger partial charge in [-0.25, -0.2) is 4.79 Å². The predicted octanol–water partition coefficient (Wildman–Crippen LogP) is 3.33. The fourth-order valence-corrected chi connectivity index (χ4v) is 3.67. The molecule has 1 atom stereocenters. The Balaban J connectivity index is 1.77. The lowest BCUT2D eigenvalue weighted by molar-refractivity contribution is -0.121.